The fourth-order valence-corrected chi connectivity index (χ4v) is 5.11. The van der Waals surface area contributed by atoms with Crippen LogP contribution in [-0.4, -0.2) is 34.7 Å². The molecule has 0 spiro atoms. The Morgan fingerprint density at radius 1 is 0.576 bits per heavy atom. The summed E-state index contributed by atoms with van der Waals surface area (Å²) in [5, 5.41) is 4.09. The molecule has 0 aliphatic heterocycles. The normalized spacial score (nSPS) is 13.4. The monoisotopic (exact) mass is 467 g/mol. The van der Waals surface area contributed by atoms with Crippen LogP contribution >= 0.6 is 0 Å². The predicted molar refractivity (Wildman–Crippen MR) is 146 cm³/mol. The van der Waals surface area contributed by atoms with Gasteiger partial charge in [0.2, 0.25) is 0 Å². The van der Waals surface area contributed by atoms with E-state index in [9.17, 15) is 4.79 Å². The van der Waals surface area contributed by atoms with Crippen LogP contribution in [0.15, 0.2) is 0 Å². The summed E-state index contributed by atoms with van der Waals surface area (Å²) in [5.74, 6) is 0. The zero-order valence-corrected chi connectivity index (χ0v) is 23.4. The molecule has 4 nitrogen and oxygen atoms in total. The van der Waals surface area contributed by atoms with Gasteiger partial charge in [-0.2, -0.15) is 0 Å². The molecular weight excluding hydrogens is 406 g/mol. The first-order valence-corrected chi connectivity index (χ1v) is 14.8. The largest absolute Gasteiger partial charge is 0.350 e. The van der Waals surface area contributed by atoms with E-state index in [0.29, 0.717) is 18.6 Å². The van der Waals surface area contributed by atoms with Crippen molar-refractivity contribution < 1.29 is 4.79 Å². The van der Waals surface area contributed by atoms with Gasteiger partial charge in [-0.3, -0.25) is 5.01 Å². The van der Waals surface area contributed by atoms with Crippen molar-refractivity contribution in [3.63, 3.8) is 0 Å². The highest BCUT2D eigenvalue weighted by atomic mass is 16.2. The predicted octanol–water partition coefficient (Wildman–Crippen LogP) is 9.22. The number of urea groups is 1. The molecule has 0 fully saturated rings. The van der Waals surface area contributed by atoms with Crippen molar-refractivity contribution in [2.45, 2.75) is 175 Å². The van der Waals surface area contributed by atoms with Gasteiger partial charge in [0.1, 0.15) is 0 Å². The van der Waals surface area contributed by atoms with Gasteiger partial charge < -0.3 is 5.73 Å². The van der Waals surface area contributed by atoms with Gasteiger partial charge in [-0.15, -0.1) is 0 Å². The average Bonchev–Trinajstić information content (AvgIpc) is 2.79. The lowest BCUT2D eigenvalue weighted by Crippen LogP contribution is -2.56. The smallest absolute Gasteiger partial charge is 0.329 e. The van der Waals surface area contributed by atoms with E-state index in [1.165, 1.54) is 116 Å². The summed E-state index contributed by atoms with van der Waals surface area (Å²) in [6.07, 6.45) is 26.6. The van der Waals surface area contributed by atoms with Crippen molar-refractivity contribution in [2.75, 3.05) is 6.54 Å². The zero-order chi connectivity index (χ0) is 24.7. The minimum atomic E-state index is -0.310. The molecule has 198 valence electrons. The number of hydrazine groups is 1. The van der Waals surface area contributed by atoms with E-state index in [2.05, 4.69) is 32.7 Å². The van der Waals surface area contributed by atoms with Gasteiger partial charge in [0.25, 0.3) is 0 Å². The lowest BCUT2D eigenvalue weighted by Gasteiger charge is -2.42. The van der Waals surface area contributed by atoms with Crippen molar-refractivity contribution in [1.29, 1.82) is 0 Å². The van der Waals surface area contributed by atoms with E-state index >= 15 is 0 Å². The number of hydrogen-bond donors (Lipinski definition) is 1. The lowest BCUT2D eigenvalue weighted by molar-refractivity contribution is -0.0497. The molecule has 2 amide bonds. The molecule has 0 aromatic carbocycles. The molecule has 0 aliphatic carbocycles. The molecular formula is C29H61N3O. The van der Waals surface area contributed by atoms with Crippen molar-refractivity contribution in [3.05, 3.63) is 0 Å². The van der Waals surface area contributed by atoms with Gasteiger partial charge in [-0.25, -0.2) is 9.80 Å². The Bertz CT molecular complexity index is 401. The maximum atomic E-state index is 12.1. The van der Waals surface area contributed by atoms with Gasteiger partial charge >= 0.3 is 6.03 Å². The topological polar surface area (TPSA) is 49.6 Å². The van der Waals surface area contributed by atoms with Crippen LogP contribution < -0.4 is 5.73 Å². The zero-order valence-electron chi connectivity index (χ0n) is 23.4. The Labute approximate surface area is 208 Å². The molecule has 0 saturated heterocycles. The maximum absolute atomic E-state index is 12.1. The molecule has 0 radical (unpaired) electrons. The molecule has 0 aromatic heterocycles. The molecule has 33 heavy (non-hydrogen) atoms. The lowest BCUT2D eigenvalue weighted by atomic mass is 10.0. The number of rotatable bonds is 24. The molecule has 0 saturated carbocycles. The molecule has 0 rings (SSSR count). The Balaban J connectivity index is 4.29. The molecule has 2 unspecified atom stereocenters. The maximum Gasteiger partial charge on any atom is 0.329 e. The van der Waals surface area contributed by atoms with Gasteiger partial charge in [-0.05, 0) is 33.6 Å². The number of carbonyl (C=O) groups is 1. The van der Waals surface area contributed by atoms with Gasteiger partial charge in [-0.1, -0.05) is 129 Å². The summed E-state index contributed by atoms with van der Waals surface area (Å²) >= 11 is 0. The third kappa shape index (κ3) is 17.3. The minimum Gasteiger partial charge on any atom is -0.350 e. The quantitative estimate of drug-likeness (QED) is 0.114. The highest BCUT2D eigenvalue weighted by molar-refractivity contribution is 5.71. The Morgan fingerprint density at radius 2 is 0.879 bits per heavy atom. The number of unbranched alkanes of at least 4 members (excludes halogenated alkanes) is 16. The van der Waals surface area contributed by atoms with Gasteiger partial charge in [0.05, 0.1) is 0 Å². The van der Waals surface area contributed by atoms with Gasteiger partial charge in [0, 0.05) is 18.6 Å². The van der Waals surface area contributed by atoms with E-state index in [1.807, 2.05) is 6.92 Å². The molecule has 0 aromatic rings. The third-order valence-corrected chi connectivity index (χ3v) is 7.19. The second kappa shape index (κ2) is 23.0. The second-order valence-electron chi connectivity index (χ2n) is 10.4. The van der Waals surface area contributed by atoms with Gasteiger partial charge in [0.15, 0.2) is 0 Å². The first-order valence-electron chi connectivity index (χ1n) is 14.8. The molecule has 4 heteroatoms. The van der Waals surface area contributed by atoms with Crippen LogP contribution in [0.25, 0.3) is 0 Å². The van der Waals surface area contributed by atoms with Crippen molar-refractivity contribution in [1.82, 2.24) is 10.0 Å². The van der Waals surface area contributed by atoms with E-state index in [-0.39, 0.29) is 6.03 Å². The van der Waals surface area contributed by atoms with Crippen LogP contribution in [0.5, 0.6) is 0 Å². The van der Waals surface area contributed by atoms with Crippen LogP contribution in [0.2, 0.25) is 0 Å². The SMILES string of the molecule is CCCCCCCCCCCC(C)N(C(C)CCCCCCCCCCC)N(CC)C(N)=O. The fraction of sp³-hybridized carbons (Fsp3) is 0.966. The molecule has 2 atom stereocenters. The number of amides is 2. The van der Waals surface area contributed by atoms with Crippen molar-refractivity contribution >= 4 is 6.03 Å². The van der Waals surface area contributed by atoms with E-state index in [1.54, 1.807) is 5.01 Å². The standard InChI is InChI=1S/C29H61N3O/c1-6-9-11-13-15-17-19-21-23-25-27(4)32(31(8-3)29(30)33)28(5)26-24-22-20-18-16-14-12-10-7-2/h27-28H,6-26H2,1-5H3,(H2,30,33). The fourth-order valence-electron chi connectivity index (χ4n) is 5.11. The number of hydrogen-bond acceptors (Lipinski definition) is 2. The Morgan fingerprint density at radius 3 is 1.15 bits per heavy atom. The summed E-state index contributed by atoms with van der Waals surface area (Å²) in [4.78, 5) is 12.1. The Hall–Kier alpha value is -0.770. The molecule has 0 heterocycles. The van der Waals surface area contributed by atoms with Crippen molar-refractivity contribution in [2.24, 2.45) is 5.73 Å². The minimum absolute atomic E-state index is 0.310. The summed E-state index contributed by atoms with van der Waals surface area (Å²) < 4.78 is 0. The highest BCUT2D eigenvalue weighted by Crippen LogP contribution is 2.21. The highest BCUT2D eigenvalue weighted by Gasteiger charge is 2.27. The number of nitrogens with zero attached hydrogens (tertiary/aromatic N) is 2. The van der Waals surface area contributed by atoms with Crippen molar-refractivity contribution in [3.8, 4) is 0 Å². The number of carbonyl (C=O) groups excluding carboxylic acids is 1. The molecule has 2 N–H and O–H groups in total. The third-order valence-electron chi connectivity index (χ3n) is 7.19. The molecule has 0 aliphatic rings. The second-order valence-corrected chi connectivity index (χ2v) is 10.4. The summed E-state index contributed by atoms with van der Waals surface area (Å²) in [7, 11) is 0. The van der Waals surface area contributed by atoms with E-state index in [0.717, 1.165) is 12.8 Å². The van der Waals surface area contributed by atoms with Crippen LogP contribution in [0.3, 0.4) is 0 Å². The van der Waals surface area contributed by atoms with Crippen LogP contribution in [0.1, 0.15) is 163 Å². The average molecular weight is 468 g/mol. The van der Waals surface area contributed by atoms with E-state index < -0.39 is 0 Å². The summed E-state index contributed by atoms with van der Waals surface area (Å²) in [6, 6.07) is 0.404. The summed E-state index contributed by atoms with van der Waals surface area (Å²) in [6.45, 7) is 11.8. The Kier molecular flexibility index (Phi) is 22.5. The summed E-state index contributed by atoms with van der Waals surface area (Å²) in [5.41, 5.74) is 5.76. The number of primary amides is 1. The van der Waals surface area contributed by atoms with E-state index in [4.69, 9.17) is 5.73 Å². The first kappa shape index (κ1) is 32.2. The van der Waals surface area contributed by atoms with Crippen LogP contribution in [0, 0.1) is 0 Å². The molecule has 0 bridgehead atoms. The van der Waals surface area contributed by atoms with Crippen LogP contribution in [-0.2, 0) is 0 Å². The van der Waals surface area contributed by atoms with Crippen LogP contribution in [0.4, 0.5) is 4.79 Å². The first-order chi connectivity index (χ1) is 16.0. The number of nitrogens with two attached hydrogens (primary N) is 1.